The predicted octanol–water partition coefficient (Wildman–Crippen LogP) is 8.85. The molecular weight excluding hydrogens is 1910 g/mol. The van der Waals surface area contributed by atoms with Gasteiger partial charge in [0.1, 0.15) is 77.7 Å². The first-order valence-corrected chi connectivity index (χ1v) is 49.0. The summed E-state index contributed by atoms with van der Waals surface area (Å²) in [6.45, 7) is 28.1. The molecule has 10 aromatic rings. The van der Waals surface area contributed by atoms with E-state index in [-0.39, 0.29) is 109 Å². The van der Waals surface area contributed by atoms with Crippen LogP contribution in [0.5, 0.6) is 0 Å². The predicted molar refractivity (Wildman–Crippen MR) is 557 cm³/mol. The van der Waals surface area contributed by atoms with Gasteiger partial charge in [-0.2, -0.15) is 4.98 Å². The van der Waals surface area contributed by atoms with Gasteiger partial charge in [0.15, 0.2) is 49.6 Å². The minimum Gasteiger partial charge on any atom is -0.394 e. The molecule has 16 N–H and O–H groups in total. The molecule has 0 spiro atoms. The van der Waals surface area contributed by atoms with Gasteiger partial charge in [0, 0.05) is 160 Å². The van der Waals surface area contributed by atoms with E-state index in [1.165, 1.54) is 82.7 Å². The number of rotatable bonds is 53. The minimum atomic E-state index is -1.35. The largest absolute Gasteiger partial charge is 0.394 e. The van der Waals surface area contributed by atoms with E-state index >= 15 is 0 Å². The smallest absolute Gasteiger partial charge is 0.261 e. The maximum absolute atomic E-state index is 13.1. The number of amides is 4. The molecule has 6 heterocycles. The zero-order chi connectivity index (χ0) is 110. The number of carbonyl (C=O) groups is 7. The fourth-order valence-electron chi connectivity index (χ4n) is 16.6. The van der Waals surface area contributed by atoms with E-state index in [0.29, 0.717) is 36.7 Å². The molecule has 1 unspecified atom stereocenters. The number of nitrogens with zero attached hydrogens (tertiary/aromatic N) is 9. The van der Waals surface area contributed by atoms with Crippen molar-refractivity contribution in [3.8, 4) is 0 Å². The number of ether oxygens (including phenoxy) is 4. The van der Waals surface area contributed by atoms with E-state index in [0.717, 1.165) is 70.9 Å². The molecule has 42 heteroatoms. The molecule has 0 saturated carbocycles. The van der Waals surface area contributed by atoms with Gasteiger partial charge in [-0.15, -0.1) is 0 Å². The molecule has 42 nitrogen and oxygen atoms in total. The second kappa shape index (κ2) is 59.0. The number of ketones is 3. The number of hydrogen-bond acceptors (Lipinski definition) is 34. The molecule has 10 rings (SSSR count). The van der Waals surface area contributed by atoms with Crippen molar-refractivity contribution in [2.45, 2.75) is 260 Å². The number of hydrogen-bond donors (Lipinski definition) is 16. The number of benzene rings is 4. The van der Waals surface area contributed by atoms with Crippen molar-refractivity contribution < 1.29 is 127 Å². The van der Waals surface area contributed by atoms with Crippen LogP contribution in [-0.4, -0.2) is 316 Å². The first-order valence-electron chi connectivity index (χ1n) is 49.0. The van der Waals surface area contributed by atoms with Gasteiger partial charge in [-0.05, 0) is 129 Å². The average molecular weight is 2070 g/mol. The number of aromatic nitrogens is 8. The van der Waals surface area contributed by atoms with Gasteiger partial charge in [0.2, 0.25) is 23.6 Å². The molecule has 4 aromatic carbocycles. The number of aliphatic hydroxyl groups is 9. The Kier molecular flexibility index (Phi) is 48.8. The van der Waals surface area contributed by atoms with Gasteiger partial charge >= 0.3 is 0 Å². The molecule has 812 valence electrons. The summed E-state index contributed by atoms with van der Waals surface area (Å²) >= 11 is 0. The summed E-state index contributed by atoms with van der Waals surface area (Å²) in [7, 11) is 8.77. The molecule has 0 aliphatic rings. The average Bonchev–Trinajstić information content (AvgIpc) is 1.72. The highest BCUT2D eigenvalue weighted by atomic mass is 16.7. The lowest BCUT2D eigenvalue weighted by atomic mass is 9.83. The third-order valence-electron chi connectivity index (χ3n) is 24.1. The van der Waals surface area contributed by atoms with E-state index in [4.69, 9.17) is 47.7 Å². The highest BCUT2D eigenvalue weighted by molar-refractivity contribution is 5.97. The number of fused-ring (bicyclic) bond motifs is 4. The quantitative estimate of drug-likeness (QED) is 0.0125. The Morgan fingerprint density at radius 1 is 0.459 bits per heavy atom. The summed E-state index contributed by atoms with van der Waals surface area (Å²) in [6.07, 6.45) is 0.853. The summed E-state index contributed by atoms with van der Waals surface area (Å²) in [5.74, 6) is -3.57. The third-order valence-corrected chi connectivity index (χ3v) is 24.1. The van der Waals surface area contributed by atoms with Crippen molar-refractivity contribution in [3.63, 3.8) is 0 Å². The molecule has 6 aromatic heterocycles. The lowest BCUT2D eigenvalue weighted by Crippen LogP contribution is -2.49. The Balaban J connectivity index is 0.000000267. The SMILES string of the molecule is CO[C@H](/C(=N/OCC(=O)C[C@@H](Cc1c[nH]c2ccccc12)C(=O)N(C)OC)[C@@H](O)[C@@H](C)O)C(C)(C)C.CO[C@H](/C(=N/OCC(=O)C[C@@H](Cc1c[nH]c2ccccc12)C(=O)NC(C)CO)[C@@H](O)[C@@H](C)O)C(C)(C)C.CO[C@H](/C(=N/OCC(=O)C[C@@H](Cc1c[nH]c2ccccc12)c1nc(C)no1)[C@@H](O)[C@@H](C)O)C(C)(C)C.CO[C@H](/C(=N/OCC(=O)N[C@@H](Cc1c[nH]c2ccccc12)C(=O)NCc1cnccn1)[C@@H](O)[C@@H](C)O)C(C)C. The van der Waals surface area contributed by atoms with Crippen LogP contribution in [-0.2, 0) is 109 Å². The Morgan fingerprint density at radius 2 is 0.831 bits per heavy atom. The monoisotopic (exact) mass is 2070 g/mol. The number of methoxy groups -OCH3 is 4. The number of aryl methyl sites for hydroxylation is 1. The van der Waals surface area contributed by atoms with E-state index < -0.39 is 145 Å². The van der Waals surface area contributed by atoms with Gasteiger partial charge in [-0.3, -0.25) is 48.4 Å². The van der Waals surface area contributed by atoms with Crippen molar-refractivity contribution in [1.29, 1.82) is 0 Å². The second-order valence-electron chi connectivity index (χ2n) is 40.1. The minimum absolute atomic E-state index is 0.0624. The van der Waals surface area contributed by atoms with Gasteiger partial charge in [-0.25, -0.2) is 5.06 Å². The number of aromatic amines is 4. The van der Waals surface area contributed by atoms with Crippen LogP contribution in [0, 0.1) is 40.9 Å². The zero-order valence-electron chi connectivity index (χ0n) is 88.9. The second-order valence-corrected chi connectivity index (χ2v) is 40.1. The number of H-pyrrole nitrogens is 4. The Hall–Kier alpha value is -12.5. The van der Waals surface area contributed by atoms with E-state index in [1.54, 1.807) is 26.2 Å². The van der Waals surface area contributed by atoms with Gasteiger partial charge in [0.25, 0.3) is 5.91 Å². The van der Waals surface area contributed by atoms with Crippen molar-refractivity contribution in [1.82, 2.24) is 61.1 Å². The number of para-hydroxylation sites is 4. The summed E-state index contributed by atoms with van der Waals surface area (Å²) in [5, 5.41) is 124. The number of oxime groups is 4. The van der Waals surface area contributed by atoms with Crippen LogP contribution in [0.1, 0.15) is 176 Å². The lowest BCUT2D eigenvalue weighted by molar-refractivity contribution is -0.174. The first kappa shape index (κ1) is 122. The lowest BCUT2D eigenvalue weighted by Gasteiger charge is -2.32. The number of nitrogens with one attached hydrogen (secondary N) is 7. The normalized spacial score (nSPS) is 15.9. The zero-order valence-corrected chi connectivity index (χ0v) is 88.9. The molecule has 0 aliphatic carbocycles. The van der Waals surface area contributed by atoms with Crippen LogP contribution in [0.25, 0.3) is 43.6 Å². The number of hydroxylamine groups is 2. The summed E-state index contributed by atoms with van der Waals surface area (Å²) < 4.78 is 27.3. The van der Waals surface area contributed by atoms with Crippen molar-refractivity contribution in [2.75, 3.05) is 75.6 Å². The summed E-state index contributed by atoms with van der Waals surface area (Å²) in [6, 6.07) is 29.7. The fraction of sp³-hybridized carbons (Fsp3) is 0.538. The first-order chi connectivity index (χ1) is 70.0. The van der Waals surface area contributed by atoms with Crippen LogP contribution in [0.15, 0.2) is 166 Å². The molecule has 0 fully saturated rings. The molecule has 4 amide bonds. The molecule has 0 radical (unpaired) electrons. The van der Waals surface area contributed by atoms with E-state index in [1.807, 2.05) is 192 Å². The van der Waals surface area contributed by atoms with Gasteiger partial charge in [0.05, 0.1) is 62.5 Å². The Bertz CT molecular complexity index is 5940. The van der Waals surface area contributed by atoms with E-state index in [2.05, 4.69) is 76.6 Å². The van der Waals surface area contributed by atoms with Crippen LogP contribution in [0.2, 0.25) is 0 Å². The molecule has 148 heavy (non-hydrogen) atoms. The topological polar surface area (TPSA) is 601 Å². The summed E-state index contributed by atoms with van der Waals surface area (Å²) in [4.78, 5) is 142. The molecule has 0 bridgehead atoms. The maximum Gasteiger partial charge on any atom is 0.261 e. The van der Waals surface area contributed by atoms with Gasteiger partial charge in [-0.1, -0.05) is 175 Å². The molecule has 0 aliphatic heterocycles. The Morgan fingerprint density at radius 3 is 1.19 bits per heavy atom. The number of Topliss-reactive ketones (excluding diaryl/α,β-unsaturated/α-hetero) is 3. The number of aliphatic hydroxyl groups excluding tert-OH is 9. The number of carbonyl (C=O) groups excluding carboxylic acids is 7. The van der Waals surface area contributed by atoms with Crippen LogP contribution in [0.4, 0.5) is 0 Å². The van der Waals surface area contributed by atoms with E-state index in [9.17, 15) is 79.5 Å². The van der Waals surface area contributed by atoms with Crippen LogP contribution >= 0.6 is 0 Å². The van der Waals surface area contributed by atoms with Crippen molar-refractivity contribution >= 4 is 107 Å². The molecular formula is C106H152N16O26. The Labute approximate surface area is 862 Å². The highest BCUT2D eigenvalue weighted by Gasteiger charge is 2.41. The maximum atomic E-state index is 13.1. The molecule has 17 atom stereocenters. The van der Waals surface area contributed by atoms with Crippen molar-refractivity contribution in [2.24, 2.45) is 54.6 Å². The standard InChI is InChI=1S/C27H36N6O6.C27H41N3O7.C26H36N4O6.C26H39N3O7/c1-16(2)26(38-4)24(25(36)17(3)34)33-39-15-23(35)32-22(27(37)31-14-19-13-28-9-10-29-19)11-18-12-30-21-8-6-5-7-20(18)21;1-16(14-31)29-26(35)18(11-19-13-28-22-10-8-7-9-21(19)22)12-20(33)15-37-30-23(24(34)17(2)32)25(36-6)27(3,4)5;1-15(31)23(33)22(24(34-6)26(3,4)5)30-35-14-19(32)12-17(25-28-16(2)29-36-25)11-18-13-27-21-10-8-7-9-20(18)21;1-16(30)23(32)22(24(34-6)26(2,3)4)28-36-15-19(31)13-17(25(33)29(5)35-7)12-18-14-27-21-11-9-8-10-20(18)21/h5-10,12-13,16-17,22,25-26,30,34,36H,11,14-15H2,1-4H3,(H,31,37)(H,32,35);7-10,13,16-18,24-25,28,31-32,34H,11-12,14-15H2,1-6H3,(H,29,35);7-10,13,15,17,23-24,27,31,33H,11-12,14H2,1-6H3;8-11,14,16-17,23-24,27,30,32H,12-13,15H2,1-7H3/b33-24+;30-23+;30-22+;28-22+/t17-,22+,25+,26+;16?,17-,18-,24+,25-;15-,17-,23+,24-;16-,17-,23+,24-/m1111/s1. The third kappa shape index (κ3) is 37.0. The molecule has 0 saturated heterocycles. The van der Waals surface area contributed by atoms with Crippen LogP contribution < -0.4 is 16.0 Å². The van der Waals surface area contributed by atoms with Gasteiger partial charge < -0.3 is 125 Å². The van der Waals surface area contributed by atoms with Crippen LogP contribution in [0.3, 0.4) is 0 Å². The highest BCUT2D eigenvalue weighted by Crippen LogP contribution is 2.34. The summed E-state index contributed by atoms with van der Waals surface area (Å²) in [5.41, 5.74) is 7.04. The fourth-order valence-corrected chi connectivity index (χ4v) is 16.6. The van der Waals surface area contributed by atoms with Crippen molar-refractivity contribution in [3.05, 3.63) is 180 Å².